The average molecular weight is 336 g/mol. The van der Waals surface area contributed by atoms with Gasteiger partial charge in [0.2, 0.25) is 0 Å². The predicted molar refractivity (Wildman–Crippen MR) is 83.3 cm³/mol. The highest BCUT2D eigenvalue weighted by Crippen LogP contribution is 2.35. The molecule has 0 spiro atoms. The highest BCUT2D eigenvalue weighted by molar-refractivity contribution is 14.1. The van der Waals surface area contributed by atoms with Gasteiger partial charge in [-0.1, -0.05) is 63.2 Å². The maximum Gasteiger partial charge on any atom is 0.0211 e. The summed E-state index contributed by atoms with van der Waals surface area (Å²) >= 11 is 2.43. The number of hydrogen-bond acceptors (Lipinski definition) is 0. The first-order valence-electron chi connectivity index (χ1n) is 5.84. The Labute approximate surface area is 117 Å². The Kier molecular flexibility index (Phi) is 3.57. The van der Waals surface area contributed by atoms with E-state index in [-0.39, 0.29) is 5.41 Å². The van der Waals surface area contributed by atoms with Crippen molar-refractivity contribution >= 4 is 22.6 Å². The van der Waals surface area contributed by atoms with E-state index in [4.69, 9.17) is 0 Å². The summed E-state index contributed by atoms with van der Waals surface area (Å²) in [6.07, 6.45) is 0. The van der Waals surface area contributed by atoms with Crippen molar-refractivity contribution in [2.24, 2.45) is 0 Å². The topological polar surface area (TPSA) is 0 Å². The molecule has 0 saturated heterocycles. The van der Waals surface area contributed by atoms with Crippen LogP contribution in [0, 0.1) is 3.57 Å². The van der Waals surface area contributed by atoms with Crippen molar-refractivity contribution in [3.8, 4) is 11.1 Å². The molecule has 0 atom stereocenters. The summed E-state index contributed by atoms with van der Waals surface area (Å²) < 4.78 is 1.32. The molecule has 0 aliphatic heterocycles. The minimum absolute atomic E-state index is 0.173. The van der Waals surface area contributed by atoms with Gasteiger partial charge in [-0.3, -0.25) is 0 Å². The number of halogens is 1. The Bertz CT molecular complexity index is 507. The van der Waals surface area contributed by atoms with E-state index in [1.807, 2.05) is 0 Å². The first-order valence-corrected chi connectivity index (χ1v) is 6.92. The third-order valence-electron chi connectivity index (χ3n) is 2.88. The fraction of sp³-hybridized carbons (Fsp3) is 0.250. The maximum atomic E-state index is 2.43. The molecule has 2 aromatic rings. The highest BCUT2D eigenvalue weighted by atomic mass is 127. The molecule has 0 saturated carbocycles. The number of hydrogen-bond donors (Lipinski definition) is 0. The van der Waals surface area contributed by atoms with Crippen LogP contribution < -0.4 is 0 Å². The third kappa shape index (κ3) is 2.71. The van der Waals surface area contributed by atoms with Crippen molar-refractivity contribution in [3.05, 3.63) is 57.7 Å². The molecule has 0 radical (unpaired) electrons. The van der Waals surface area contributed by atoms with Gasteiger partial charge in [-0.2, -0.15) is 0 Å². The second-order valence-electron chi connectivity index (χ2n) is 5.28. The van der Waals surface area contributed by atoms with E-state index in [1.54, 1.807) is 0 Å². The first-order chi connectivity index (χ1) is 8.00. The molecule has 2 rings (SSSR count). The minimum atomic E-state index is 0.173. The largest absolute Gasteiger partial charge is 0.0622 e. The van der Waals surface area contributed by atoms with E-state index in [1.165, 1.54) is 20.3 Å². The Morgan fingerprint density at radius 2 is 1.47 bits per heavy atom. The van der Waals surface area contributed by atoms with Crippen LogP contribution >= 0.6 is 22.6 Å². The molecule has 17 heavy (non-hydrogen) atoms. The molecular weight excluding hydrogens is 319 g/mol. The lowest BCUT2D eigenvalue weighted by Crippen LogP contribution is -2.13. The molecule has 0 nitrogen and oxygen atoms in total. The predicted octanol–water partition coefficient (Wildman–Crippen LogP) is 5.26. The molecule has 2 aromatic carbocycles. The summed E-state index contributed by atoms with van der Waals surface area (Å²) in [5.74, 6) is 0. The van der Waals surface area contributed by atoms with Crippen molar-refractivity contribution in [3.63, 3.8) is 0 Å². The molecule has 0 heterocycles. The normalized spacial score (nSPS) is 11.5. The summed E-state index contributed by atoms with van der Waals surface area (Å²) in [5, 5.41) is 0. The van der Waals surface area contributed by atoms with Crippen molar-refractivity contribution < 1.29 is 0 Å². The summed E-state index contributed by atoms with van der Waals surface area (Å²) in [6, 6.07) is 17.2. The van der Waals surface area contributed by atoms with Crippen molar-refractivity contribution in [2.75, 3.05) is 0 Å². The van der Waals surface area contributed by atoms with Gasteiger partial charge >= 0.3 is 0 Å². The zero-order valence-electron chi connectivity index (χ0n) is 10.5. The fourth-order valence-electron chi connectivity index (χ4n) is 2.05. The summed E-state index contributed by atoms with van der Waals surface area (Å²) in [4.78, 5) is 0. The molecule has 0 unspecified atom stereocenters. The van der Waals surface area contributed by atoms with Gasteiger partial charge in [0.15, 0.2) is 0 Å². The lowest BCUT2D eigenvalue weighted by atomic mass is 9.82. The Balaban J connectivity index is 2.69. The van der Waals surface area contributed by atoms with Crippen LogP contribution in [0.3, 0.4) is 0 Å². The minimum Gasteiger partial charge on any atom is -0.0622 e. The van der Waals surface area contributed by atoms with Crippen molar-refractivity contribution in [1.29, 1.82) is 0 Å². The molecule has 1 heteroatoms. The molecule has 88 valence electrons. The van der Waals surface area contributed by atoms with E-state index in [2.05, 4.69) is 91.9 Å². The van der Waals surface area contributed by atoms with Gasteiger partial charge in [0.25, 0.3) is 0 Å². The van der Waals surface area contributed by atoms with Crippen LogP contribution in [0.15, 0.2) is 48.5 Å². The molecule has 0 aliphatic rings. The van der Waals surface area contributed by atoms with Crippen molar-refractivity contribution in [1.82, 2.24) is 0 Å². The Morgan fingerprint density at radius 1 is 0.824 bits per heavy atom. The van der Waals surface area contributed by atoms with Gasteiger partial charge in [-0.15, -0.1) is 0 Å². The standard InChI is InChI=1S/C16H17I/c1-16(2,3)13-10-7-11-14(17)15(13)12-8-5-4-6-9-12/h4-11H,1-3H3. The average Bonchev–Trinajstić information content (AvgIpc) is 2.28. The van der Waals surface area contributed by atoms with Crippen LogP contribution in [0.1, 0.15) is 26.3 Å². The van der Waals surface area contributed by atoms with E-state index >= 15 is 0 Å². The monoisotopic (exact) mass is 336 g/mol. The van der Waals surface area contributed by atoms with Gasteiger partial charge in [0.1, 0.15) is 0 Å². The molecule has 0 fully saturated rings. The zero-order valence-corrected chi connectivity index (χ0v) is 12.7. The van der Waals surface area contributed by atoms with Crippen LogP contribution in [0.2, 0.25) is 0 Å². The maximum absolute atomic E-state index is 2.43. The molecule has 0 bridgehead atoms. The highest BCUT2D eigenvalue weighted by Gasteiger charge is 2.19. The van der Waals surface area contributed by atoms with Crippen LogP contribution in [-0.2, 0) is 5.41 Å². The lowest BCUT2D eigenvalue weighted by Gasteiger charge is -2.24. The molecule has 0 aromatic heterocycles. The molecule has 0 amide bonds. The smallest absolute Gasteiger partial charge is 0.0211 e. The first kappa shape index (κ1) is 12.6. The fourth-order valence-corrected chi connectivity index (χ4v) is 2.86. The molecule has 0 N–H and O–H groups in total. The molecular formula is C16H17I. The van der Waals surface area contributed by atoms with E-state index < -0.39 is 0 Å². The van der Waals surface area contributed by atoms with Crippen LogP contribution in [0.4, 0.5) is 0 Å². The van der Waals surface area contributed by atoms with Gasteiger partial charge in [-0.05, 0) is 50.8 Å². The zero-order chi connectivity index (χ0) is 12.5. The van der Waals surface area contributed by atoms with Gasteiger partial charge in [0.05, 0.1) is 0 Å². The van der Waals surface area contributed by atoms with E-state index in [0.717, 1.165) is 0 Å². The number of rotatable bonds is 1. The lowest BCUT2D eigenvalue weighted by molar-refractivity contribution is 0.591. The summed E-state index contributed by atoms with van der Waals surface area (Å²) in [5.41, 5.74) is 4.27. The van der Waals surface area contributed by atoms with Gasteiger partial charge in [0, 0.05) is 3.57 Å². The second-order valence-corrected chi connectivity index (χ2v) is 6.44. The Morgan fingerprint density at radius 3 is 2.06 bits per heavy atom. The quantitative estimate of drug-likeness (QED) is 0.624. The summed E-state index contributed by atoms with van der Waals surface area (Å²) in [6.45, 7) is 6.81. The van der Waals surface area contributed by atoms with Crippen molar-refractivity contribution in [2.45, 2.75) is 26.2 Å². The van der Waals surface area contributed by atoms with Crippen LogP contribution in [0.5, 0.6) is 0 Å². The second kappa shape index (κ2) is 4.81. The molecule has 0 aliphatic carbocycles. The van der Waals surface area contributed by atoms with Crippen LogP contribution in [0.25, 0.3) is 11.1 Å². The SMILES string of the molecule is CC(C)(C)c1cccc(I)c1-c1ccccc1. The summed E-state index contributed by atoms with van der Waals surface area (Å²) in [7, 11) is 0. The van der Waals surface area contributed by atoms with Gasteiger partial charge in [-0.25, -0.2) is 0 Å². The van der Waals surface area contributed by atoms with E-state index in [9.17, 15) is 0 Å². The van der Waals surface area contributed by atoms with Crippen LogP contribution in [-0.4, -0.2) is 0 Å². The Hall–Kier alpha value is -0.830. The van der Waals surface area contributed by atoms with Gasteiger partial charge < -0.3 is 0 Å². The van der Waals surface area contributed by atoms with E-state index in [0.29, 0.717) is 0 Å². The number of benzene rings is 2. The third-order valence-corrected chi connectivity index (χ3v) is 3.78.